The van der Waals surface area contributed by atoms with Crippen LogP contribution in [0.4, 0.5) is 13.2 Å². The molecule has 0 saturated carbocycles. The summed E-state index contributed by atoms with van der Waals surface area (Å²) < 4.78 is 37.0. The van der Waals surface area contributed by atoms with Crippen molar-refractivity contribution in [1.29, 1.82) is 0 Å². The van der Waals surface area contributed by atoms with Crippen molar-refractivity contribution in [3.63, 3.8) is 0 Å². The standard InChI is InChI=1S/C11H14F3N3OS/c12-11(13,14)8-6-19-9(17-8)2-4-16-10(18)7-1-3-15-5-7/h6-7,15H,1-5H2,(H,16,18). The van der Waals surface area contributed by atoms with E-state index in [9.17, 15) is 18.0 Å². The van der Waals surface area contributed by atoms with Crippen molar-refractivity contribution in [2.45, 2.75) is 19.0 Å². The van der Waals surface area contributed by atoms with E-state index in [0.29, 0.717) is 24.5 Å². The second-order valence-corrected chi connectivity index (χ2v) is 5.30. The topological polar surface area (TPSA) is 54.0 Å². The van der Waals surface area contributed by atoms with Crippen molar-refractivity contribution in [2.24, 2.45) is 5.92 Å². The van der Waals surface area contributed by atoms with Gasteiger partial charge in [0.05, 0.1) is 10.9 Å². The van der Waals surface area contributed by atoms with E-state index in [4.69, 9.17) is 0 Å². The Morgan fingerprint density at radius 2 is 2.37 bits per heavy atom. The van der Waals surface area contributed by atoms with Crippen LogP contribution in [-0.2, 0) is 17.4 Å². The Morgan fingerprint density at radius 1 is 1.58 bits per heavy atom. The van der Waals surface area contributed by atoms with E-state index in [1.807, 2.05) is 0 Å². The molecular formula is C11H14F3N3OS. The second-order valence-electron chi connectivity index (χ2n) is 4.35. The normalized spacial score (nSPS) is 19.6. The Labute approximate surface area is 112 Å². The lowest BCUT2D eigenvalue weighted by Gasteiger charge is -2.08. The van der Waals surface area contributed by atoms with Crippen LogP contribution in [-0.4, -0.2) is 30.5 Å². The average Bonchev–Trinajstić information content (AvgIpc) is 2.99. The smallest absolute Gasteiger partial charge is 0.355 e. The molecule has 19 heavy (non-hydrogen) atoms. The fraction of sp³-hybridized carbons (Fsp3) is 0.636. The average molecular weight is 293 g/mol. The first-order chi connectivity index (χ1) is 8.97. The molecule has 1 aromatic heterocycles. The Bertz CT molecular complexity index is 441. The third kappa shape index (κ3) is 3.90. The van der Waals surface area contributed by atoms with Gasteiger partial charge >= 0.3 is 6.18 Å². The number of halogens is 3. The summed E-state index contributed by atoms with van der Waals surface area (Å²) in [4.78, 5) is 15.2. The zero-order valence-electron chi connectivity index (χ0n) is 10.1. The van der Waals surface area contributed by atoms with Gasteiger partial charge in [-0.15, -0.1) is 11.3 Å². The zero-order chi connectivity index (χ0) is 13.9. The van der Waals surface area contributed by atoms with Crippen molar-refractivity contribution in [3.8, 4) is 0 Å². The number of hydrogen-bond donors (Lipinski definition) is 2. The SMILES string of the molecule is O=C(NCCc1nc(C(F)(F)F)cs1)C1CCNC1. The summed E-state index contributed by atoms with van der Waals surface area (Å²) in [5, 5.41) is 7.20. The van der Waals surface area contributed by atoms with Gasteiger partial charge in [0.2, 0.25) is 5.91 Å². The Morgan fingerprint density at radius 3 is 2.95 bits per heavy atom. The number of rotatable bonds is 4. The second kappa shape index (κ2) is 5.87. The molecule has 0 aliphatic carbocycles. The monoisotopic (exact) mass is 293 g/mol. The van der Waals surface area contributed by atoms with Crippen LogP contribution in [0.2, 0.25) is 0 Å². The van der Waals surface area contributed by atoms with Gasteiger partial charge in [0.15, 0.2) is 5.69 Å². The molecule has 1 unspecified atom stereocenters. The van der Waals surface area contributed by atoms with Crippen LogP contribution in [0.3, 0.4) is 0 Å². The minimum atomic E-state index is -4.40. The highest BCUT2D eigenvalue weighted by atomic mass is 32.1. The number of aromatic nitrogens is 1. The predicted molar refractivity (Wildman–Crippen MR) is 64.8 cm³/mol. The van der Waals surface area contributed by atoms with E-state index in [2.05, 4.69) is 15.6 Å². The number of alkyl halides is 3. The van der Waals surface area contributed by atoms with Crippen LogP contribution in [0.1, 0.15) is 17.1 Å². The summed E-state index contributed by atoms with van der Waals surface area (Å²) in [6.07, 6.45) is -3.26. The lowest BCUT2D eigenvalue weighted by atomic mass is 10.1. The van der Waals surface area contributed by atoms with Gasteiger partial charge in [-0.05, 0) is 13.0 Å². The number of hydrogen-bond acceptors (Lipinski definition) is 4. The van der Waals surface area contributed by atoms with Crippen LogP contribution < -0.4 is 10.6 Å². The van der Waals surface area contributed by atoms with E-state index < -0.39 is 11.9 Å². The molecule has 1 saturated heterocycles. The lowest BCUT2D eigenvalue weighted by Crippen LogP contribution is -2.33. The maximum atomic E-state index is 12.3. The molecule has 4 nitrogen and oxygen atoms in total. The van der Waals surface area contributed by atoms with Crippen molar-refractivity contribution >= 4 is 17.2 Å². The number of carbonyl (C=O) groups excluding carboxylic acids is 1. The Hall–Kier alpha value is -1.15. The molecule has 0 radical (unpaired) electrons. The first-order valence-electron chi connectivity index (χ1n) is 5.97. The van der Waals surface area contributed by atoms with E-state index in [1.165, 1.54) is 0 Å². The number of thiazole rings is 1. The van der Waals surface area contributed by atoms with E-state index in [-0.39, 0.29) is 11.8 Å². The summed E-state index contributed by atoms with van der Waals surface area (Å²) >= 11 is 0.966. The van der Waals surface area contributed by atoms with Gasteiger partial charge < -0.3 is 10.6 Å². The van der Waals surface area contributed by atoms with Crippen molar-refractivity contribution < 1.29 is 18.0 Å². The molecule has 1 aliphatic heterocycles. The molecule has 106 valence electrons. The summed E-state index contributed by atoms with van der Waals surface area (Å²) in [5.74, 6) is -0.0698. The minimum absolute atomic E-state index is 0.0259. The molecule has 2 N–H and O–H groups in total. The first kappa shape index (κ1) is 14.3. The first-order valence-corrected chi connectivity index (χ1v) is 6.85. The molecule has 2 rings (SSSR count). The molecule has 0 bridgehead atoms. The van der Waals surface area contributed by atoms with Crippen LogP contribution in [0.5, 0.6) is 0 Å². The quantitative estimate of drug-likeness (QED) is 0.883. The fourth-order valence-electron chi connectivity index (χ4n) is 1.87. The van der Waals surface area contributed by atoms with Crippen molar-refractivity contribution in [2.75, 3.05) is 19.6 Å². The van der Waals surface area contributed by atoms with Gasteiger partial charge in [-0.2, -0.15) is 13.2 Å². The van der Waals surface area contributed by atoms with Gasteiger partial charge in [-0.3, -0.25) is 4.79 Å². The highest BCUT2D eigenvalue weighted by Gasteiger charge is 2.33. The summed E-state index contributed by atoms with van der Waals surface area (Å²) in [6.45, 7) is 1.82. The largest absolute Gasteiger partial charge is 0.434 e. The van der Waals surface area contributed by atoms with Gasteiger partial charge in [0.25, 0.3) is 0 Å². The minimum Gasteiger partial charge on any atom is -0.355 e. The van der Waals surface area contributed by atoms with Crippen molar-refractivity contribution in [3.05, 3.63) is 16.1 Å². The Balaban J connectivity index is 1.76. The highest BCUT2D eigenvalue weighted by molar-refractivity contribution is 7.09. The molecule has 1 atom stereocenters. The molecule has 1 aromatic rings. The van der Waals surface area contributed by atoms with Gasteiger partial charge in [-0.1, -0.05) is 0 Å². The molecule has 0 spiro atoms. The van der Waals surface area contributed by atoms with Crippen LogP contribution in [0.15, 0.2) is 5.38 Å². The molecular weight excluding hydrogens is 279 g/mol. The molecule has 1 fully saturated rings. The fourth-order valence-corrected chi connectivity index (χ4v) is 2.68. The van der Waals surface area contributed by atoms with Gasteiger partial charge in [-0.25, -0.2) is 4.98 Å². The maximum absolute atomic E-state index is 12.3. The number of nitrogens with one attached hydrogen (secondary N) is 2. The van der Waals surface area contributed by atoms with Crippen molar-refractivity contribution in [1.82, 2.24) is 15.6 Å². The number of amides is 1. The van der Waals surface area contributed by atoms with Crippen LogP contribution in [0, 0.1) is 5.92 Å². The van der Waals surface area contributed by atoms with Crippen LogP contribution >= 0.6 is 11.3 Å². The van der Waals surface area contributed by atoms with E-state index in [1.54, 1.807) is 0 Å². The predicted octanol–water partition coefficient (Wildman–Crippen LogP) is 1.43. The van der Waals surface area contributed by atoms with Gasteiger partial charge in [0.1, 0.15) is 0 Å². The maximum Gasteiger partial charge on any atom is 0.434 e. The molecule has 8 heteroatoms. The molecule has 0 aromatic carbocycles. The van der Waals surface area contributed by atoms with Crippen LogP contribution in [0.25, 0.3) is 0 Å². The van der Waals surface area contributed by atoms with E-state index in [0.717, 1.165) is 29.7 Å². The summed E-state index contributed by atoms with van der Waals surface area (Å²) in [7, 11) is 0. The number of nitrogens with zero attached hydrogens (tertiary/aromatic N) is 1. The molecule has 1 aliphatic rings. The lowest BCUT2D eigenvalue weighted by molar-refractivity contribution is -0.140. The third-order valence-corrected chi connectivity index (χ3v) is 3.82. The summed E-state index contributed by atoms with van der Waals surface area (Å²) in [6, 6.07) is 0. The Kier molecular flexibility index (Phi) is 4.41. The number of carbonyl (C=O) groups is 1. The van der Waals surface area contributed by atoms with E-state index >= 15 is 0 Å². The van der Waals surface area contributed by atoms with Gasteiger partial charge in [0, 0.05) is 24.9 Å². The zero-order valence-corrected chi connectivity index (χ0v) is 10.9. The highest BCUT2D eigenvalue weighted by Crippen LogP contribution is 2.29. The molecule has 1 amide bonds. The molecule has 2 heterocycles. The summed E-state index contributed by atoms with van der Waals surface area (Å²) in [5.41, 5.74) is -0.862. The third-order valence-electron chi connectivity index (χ3n) is 2.91.